The fourth-order valence-electron chi connectivity index (χ4n) is 2.66. The maximum atomic E-state index is 9.08. The van der Waals surface area contributed by atoms with E-state index in [-0.39, 0.29) is 6.61 Å². The third-order valence-electron chi connectivity index (χ3n) is 4.01. The second-order valence-corrected chi connectivity index (χ2v) is 5.34. The van der Waals surface area contributed by atoms with Gasteiger partial charge in [-0.2, -0.15) is 0 Å². The first-order chi connectivity index (χ1) is 8.63. The molecule has 2 atom stereocenters. The molecule has 2 N–H and O–H groups in total. The Morgan fingerprint density at radius 1 is 1.39 bits per heavy atom. The van der Waals surface area contributed by atoms with E-state index in [9.17, 15) is 0 Å². The molecule has 0 bridgehead atoms. The molecule has 0 spiro atoms. The van der Waals surface area contributed by atoms with Gasteiger partial charge in [-0.25, -0.2) is 0 Å². The molecule has 3 heteroatoms. The van der Waals surface area contributed by atoms with Gasteiger partial charge in [-0.05, 0) is 44.4 Å². The van der Waals surface area contributed by atoms with E-state index in [0.717, 1.165) is 19.5 Å². The van der Waals surface area contributed by atoms with E-state index in [1.54, 1.807) is 0 Å². The van der Waals surface area contributed by atoms with Crippen LogP contribution in [0, 0.1) is 13.8 Å². The molecule has 3 nitrogen and oxygen atoms in total. The molecule has 1 heterocycles. The predicted octanol–water partition coefficient (Wildman–Crippen LogP) is 1.85. The molecule has 1 aliphatic rings. The zero-order valence-electron chi connectivity index (χ0n) is 11.6. The lowest BCUT2D eigenvalue weighted by atomic mass is 10.0. The first-order valence-corrected chi connectivity index (χ1v) is 6.80. The van der Waals surface area contributed by atoms with Gasteiger partial charge in [0.25, 0.3) is 0 Å². The summed E-state index contributed by atoms with van der Waals surface area (Å²) in [6.07, 6.45) is 0.827. The van der Waals surface area contributed by atoms with Crippen LogP contribution in [0.15, 0.2) is 18.2 Å². The Labute approximate surface area is 110 Å². The quantitative estimate of drug-likeness (QED) is 0.857. The molecule has 1 fully saturated rings. The highest BCUT2D eigenvalue weighted by atomic mass is 16.3. The van der Waals surface area contributed by atoms with Crippen molar-refractivity contribution in [2.45, 2.75) is 39.3 Å². The van der Waals surface area contributed by atoms with Crippen molar-refractivity contribution in [1.82, 2.24) is 5.32 Å². The molecule has 0 amide bonds. The van der Waals surface area contributed by atoms with Crippen molar-refractivity contribution < 1.29 is 5.11 Å². The molecule has 0 aliphatic carbocycles. The fourth-order valence-corrected chi connectivity index (χ4v) is 2.66. The number of hydrogen-bond acceptors (Lipinski definition) is 3. The van der Waals surface area contributed by atoms with Crippen molar-refractivity contribution in [3.63, 3.8) is 0 Å². The average molecular weight is 248 g/mol. The summed E-state index contributed by atoms with van der Waals surface area (Å²) in [5.41, 5.74) is 4.05. The van der Waals surface area contributed by atoms with Gasteiger partial charge < -0.3 is 15.3 Å². The van der Waals surface area contributed by atoms with Crippen molar-refractivity contribution in [2.75, 3.05) is 24.6 Å². The molecule has 1 aromatic rings. The summed E-state index contributed by atoms with van der Waals surface area (Å²) in [6.45, 7) is 8.83. The number of aliphatic hydroxyl groups excluding tert-OH is 1. The maximum Gasteiger partial charge on any atom is 0.0446 e. The van der Waals surface area contributed by atoms with Crippen LogP contribution in [0.4, 0.5) is 5.69 Å². The van der Waals surface area contributed by atoms with Crippen LogP contribution in [0.2, 0.25) is 0 Å². The lowest BCUT2D eigenvalue weighted by Crippen LogP contribution is -2.56. The summed E-state index contributed by atoms with van der Waals surface area (Å²) in [6, 6.07) is 7.40. The Kier molecular flexibility index (Phi) is 4.25. The van der Waals surface area contributed by atoms with Gasteiger partial charge in [0.15, 0.2) is 0 Å². The summed E-state index contributed by atoms with van der Waals surface area (Å²) in [4.78, 5) is 2.47. The highest BCUT2D eigenvalue weighted by Crippen LogP contribution is 2.26. The lowest BCUT2D eigenvalue weighted by Gasteiger charge is -2.41. The molecule has 0 saturated carbocycles. The second-order valence-electron chi connectivity index (χ2n) is 5.34. The van der Waals surface area contributed by atoms with Crippen LogP contribution >= 0.6 is 0 Å². The highest BCUT2D eigenvalue weighted by molar-refractivity contribution is 5.57. The zero-order chi connectivity index (χ0) is 13.1. The summed E-state index contributed by atoms with van der Waals surface area (Å²) in [5.74, 6) is 0. The molecule has 0 radical (unpaired) electrons. The number of aliphatic hydroxyl groups is 1. The number of piperazine rings is 1. The minimum Gasteiger partial charge on any atom is -0.396 e. The van der Waals surface area contributed by atoms with Crippen molar-refractivity contribution in [2.24, 2.45) is 0 Å². The summed E-state index contributed by atoms with van der Waals surface area (Å²) in [5, 5.41) is 12.6. The molecule has 100 valence electrons. The summed E-state index contributed by atoms with van der Waals surface area (Å²) >= 11 is 0. The van der Waals surface area contributed by atoms with Crippen LogP contribution in [0.1, 0.15) is 24.5 Å². The second kappa shape index (κ2) is 5.72. The minimum absolute atomic E-state index is 0.257. The van der Waals surface area contributed by atoms with E-state index in [1.807, 2.05) is 0 Å². The van der Waals surface area contributed by atoms with Gasteiger partial charge in [-0.15, -0.1) is 0 Å². The van der Waals surface area contributed by atoms with Crippen LogP contribution in [0.3, 0.4) is 0 Å². The standard InChI is InChI=1S/C15H24N2O/c1-11-5-4-6-15(13(11)3)17-10-14(7-8-18)16-9-12(17)2/h4-6,12,14,16,18H,7-10H2,1-3H3. The van der Waals surface area contributed by atoms with Gasteiger partial charge in [0.1, 0.15) is 0 Å². The maximum absolute atomic E-state index is 9.08. The van der Waals surface area contributed by atoms with Gasteiger partial charge in [0.2, 0.25) is 0 Å². The molecule has 2 unspecified atom stereocenters. The van der Waals surface area contributed by atoms with Crippen molar-refractivity contribution in [1.29, 1.82) is 0 Å². The van der Waals surface area contributed by atoms with Crippen LogP contribution in [-0.4, -0.2) is 36.9 Å². The first kappa shape index (κ1) is 13.4. The fraction of sp³-hybridized carbons (Fsp3) is 0.600. The van der Waals surface area contributed by atoms with Crippen LogP contribution in [0.25, 0.3) is 0 Å². The van der Waals surface area contributed by atoms with Crippen LogP contribution < -0.4 is 10.2 Å². The number of hydrogen-bond donors (Lipinski definition) is 2. The Balaban J connectivity index is 2.21. The minimum atomic E-state index is 0.257. The summed E-state index contributed by atoms with van der Waals surface area (Å²) in [7, 11) is 0. The van der Waals surface area contributed by atoms with Gasteiger partial charge in [0, 0.05) is 37.5 Å². The van der Waals surface area contributed by atoms with Crippen molar-refractivity contribution >= 4 is 5.69 Å². The smallest absolute Gasteiger partial charge is 0.0446 e. The normalized spacial score (nSPS) is 24.3. The molecule has 1 saturated heterocycles. The molecular weight excluding hydrogens is 224 g/mol. The van der Waals surface area contributed by atoms with Crippen molar-refractivity contribution in [3.8, 4) is 0 Å². The number of anilines is 1. The number of rotatable bonds is 3. The third-order valence-corrected chi connectivity index (χ3v) is 4.01. The Bertz CT molecular complexity index is 405. The predicted molar refractivity (Wildman–Crippen MR) is 76.2 cm³/mol. The van der Waals surface area contributed by atoms with Crippen LogP contribution in [0.5, 0.6) is 0 Å². The van der Waals surface area contributed by atoms with E-state index >= 15 is 0 Å². The topological polar surface area (TPSA) is 35.5 Å². The van der Waals surface area contributed by atoms with Crippen molar-refractivity contribution in [3.05, 3.63) is 29.3 Å². The average Bonchev–Trinajstić information content (AvgIpc) is 2.36. The highest BCUT2D eigenvalue weighted by Gasteiger charge is 2.25. The number of nitrogens with one attached hydrogen (secondary N) is 1. The van der Waals surface area contributed by atoms with E-state index in [2.05, 4.69) is 49.2 Å². The van der Waals surface area contributed by atoms with Gasteiger partial charge in [-0.1, -0.05) is 12.1 Å². The Morgan fingerprint density at radius 2 is 2.17 bits per heavy atom. The zero-order valence-corrected chi connectivity index (χ0v) is 11.6. The largest absolute Gasteiger partial charge is 0.396 e. The SMILES string of the molecule is Cc1cccc(N2CC(CCO)NCC2C)c1C. The molecule has 1 aliphatic heterocycles. The number of benzene rings is 1. The van der Waals surface area contributed by atoms with E-state index < -0.39 is 0 Å². The Hall–Kier alpha value is -1.06. The lowest BCUT2D eigenvalue weighted by molar-refractivity contribution is 0.254. The third kappa shape index (κ3) is 2.68. The van der Waals surface area contributed by atoms with Gasteiger partial charge >= 0.3 is 0 Å². The van der Waals surface area contributed by atoms with Gasteiger partial charge in [0.05, 0.1) is 0 Å². The molecule has 0 aromatic heterocycles. The van der Waals surface area contributed by atoms with E-state index in [4.69, 9.17) is 5.11 Å². The monoisotopic (exact) mass is 248 g/mol. The summed E-state index contributed by atoms with van der Waals surface area (Å²) < 4.78 is 0. The van der Waals surface area contributed by atoms with Crippen LogP contribution in [-0.2, 0) is 0 Å². The first-order valence-electron chi connectivity index (χ1n) is 6.80. The van der Waals surface area contributed by atoms with Gasteiger partial charge in [-0.3, -0.25) is 0 Å². The Morgan fingerprint density at radius 3 is 2.89 bits per heavy atom. The number of nitrogens with zero attached hydrogens (tertiary/aromatic N) is 1. The molecule has 2 rings (SSSR count). The molecule has 18 heavy (non-hydrogen) atoms. The van der Waals surface area contributed by atoms with E-state index in [1.165, 1.54) is 16.8 Å². The molecule has 1 aromatic carbocycles. The number of aryl methyl sites for hydroxylation is 1. The van der Waals surface area contributed by atoms with E-state index in [0.29, 0.717) is 12.1 Å². The molecular formula is C15H24N2O.